The number of hydrogen-bond acceptors (Lipinski definition) is 2. The average molecular weight is 507 g/mol. The minimum Gasteiger partial charge on any atom is -0.294 e. The number of nitrogens with zero attached hydrogens (tertiary/aromatic N) is 3. The molecule has 0 saturated heterocycles. The molecule has 4 heteroatoms. The summed E-state index contributed by atoms with van der Waals surface area (Å²) < 4.78 is 5.89. The quantitative estimate of drug-likeness (QED) is 0.170. The maximum Gasteiger partial charge on any atom is 0.230 e. The van der Waals surface area contributed by atoms with Crippen LogP contribution >= 0.6 is 11.3 Å². The van der Waals surface area contributed by atoms with Gasteiger partial charge < -0.3 is 0 Å². The van der Waals surface area contributed by atoms with Gasteiger partial charge in [-0.25, -0.2) is 4.98 Å². The first-order valence-electron chi connectivity index (χ1n) is 12.9. The summed E-state index contributed by atoms with van der Waals surface area (Å²) in [7, 11) is 2.15. The van der Waals surface area contributed by atoms with E-state index in [1.165, 1.54) is 64.1 Å². The summed E-state index contributed by atoms with van der Waals surface area (Å²) in [6, 6.07) is 35.1. The first-order valence-corrected chi connectivity index (χ1v) is 13.7. The highest BCUT2D eigenvalue weighted by molar-refractivity contribution is 7.22. The van der Waals surface area contributed by atoms with Crippen molar-refractivity contribution in [3.8, 4) is 16.3 Å². The van der Waals surface area contributed by atoms with Gasteiger partial charge in [-0.3, -0.25) is 4.57 Å². The van der Waals surface area contributed by atoms with Gasteiger partial charge in [0.2, 0.25) is 5.69 Å². The summed E-state index contributed by atoms with van der Waals surface area (Å²) in [5.74, 6) is 0. The van der Waals surface area contributed by atoms with E-state index in [0.29, 0.717) is 0 Å². The van der Waals surface area contributed by atoms with Crippen LogP contribution in [0.2, 0.25) is 0 Å². The molecule has 0 saturated carbocycles. The van der Waals surface area contributed by atoms with Gasteiger partial charge in [0.1, 0.15) is 17.6 Å². The normalized spacial score (nSPS) is 11.9. The van der Waals surface area contributed by atoms with E-state index >= 15 is 0 Å². The Hall–Kier alpha value is -4.54. The number of aromatic nitrogens is 3. The van der Waals surface area contributed by atoms with Gasteiger partial charge in [-0.2, -0.15) is 4.57 Å². The molecule has 180 valence electrons. The van der Waals surface area contributed by atoms with Gasteiger partial charge in [0.25, 0.3) is 0 Å². The van der Waals surface area contributed by atoms with Crippen LogP contribution in [0.4, 0.5) is 0 Å². The number of fused-ring (bicyclic) bond motifs is 7. The van der Waals surface area contributed by atoms with Gasteiger partial charge in [0.05, 0.1) is 10.9 Å². The lowest BCUT2D eigenvalue weighted by Crippen LogP contribution is -2.30. The van der Waals surface area contributed by atoms with Crippen LogP contribution in [0.5, 0.6) is 0 Å². The van der Waals surface area contributed by atoms with E-state index < -0.39 is 0 Å². The van der Waals surface area contributed by atoms with Crippen LogP contribution in [-0.2, 0) is 7.05 Å². The highest BCUT2D eigenvalue weighted by atomic mass is 32.1. The van der Waals surface area contributed by atoms with Crippen molar-refractivity contribution in [2.75, 3.05) is 0 Å². The molecule has 38 heavy (non-hydrogen) atoms. The zero-order valence-corrected chi connectivity index (χ0v) is 22.0. The Morgan fingerprint density at radius 1 is 0.711 bits per heavy atom. The fourth-order valence-corrected chi connectivity index (χ4v) is 7.37. The second-order valence-corrected chi connectivity index (χ2v) is 11.0. The van der Waals surface area contributed by atoms with Crippen LogP contribution in [0.1, 0.15) is 5.56 Å². The minimum atomic E-state index is 0.989. The third-order valence-electron chi connectivity index (χ3n) is 7.87. The highest BCUT2D eigenvalue weighted by Gasteiger charge is 2.22. The molecule has 0 aliphatic carbocycles. The fourth-order valence-electron chi connectivity index (χ4n) is 6.06. The molecule has 8 rings (SSSR count). The van der Waals surface area contributed by atoms with Gasteiger partial charge >= 0.3 is 0 Å². The first kappa shape index (κ1) is 21.5. The zero-order valence-electron chi connectivity index (χ0n) is 21.1. The van der Waals surface area contributed by atoms with Crippen LogP contribution in [0.25, 0.3) is 69.8 Å². The van der Waals surface area contributed by atoms with Crippen molar-refractivity contribution in [1.82, 2.24) is 9.55 Å². The van der Waals surface area contributed by atoms with E-state index in [2.05, 4.69) is 120 Å². The Kier molecular flexibility index (Phi) is 4.52. The highest BCUT2D eigenvalue weighted by Crippen LogP contribution is 2.40. The van der Waals surface area contributed by atoms with Crippen molar-refractivity contribution in [2.45, 2.75) is 6.92 Å². The molecule has 0 aliphatic rings. The van der Waals surface area contributed by atoms with Crippen LogP contribution in [0.15, 0.2) is 109 Å². The summed E-state index contributed by atoms with van der Waals surface area (Å²) in [6.07, 6.45) is 4.08. The lowest BCUT2D eigenvalue weighted by molar-refractivity contribution is -0.659. The Morgan fingerprint density at radius 3 is 2.39 bits per heavy atom. The molecule has 0 unspecified atom stereocenters. The monoisotopic (exact) mass is 506 g/mol. The van der Waals surface area contributed by atoms with Crippen LogP contribution in [0.3, 0.4) is 0 Å². The largest absolute Gasteiger partial charge is 0.294 e. The summed E-state index contributed by atoms with van der Waals surface area (Å²) in [5, 5.41) is 8.80. The van der Waals surface area contributed by atoms with Gasteiger partial charge in [0.15, 0.2) is 6.20 Å². The predicted octanol–water partition coefficient (Wildman–Crippen LogP) is 8.50. The molecule has 8 aromatic rings. The summed E-state index contributed by atoms with van der Waals surface area (Å²) >= 11 is 1.88. The molecular formula is C34H24N3S+. The fraction of sp³-hybridized carbons (Fsp3) is 0.0588. The van der Waals surface area contributed by atoms with Crippen molar-refractivity contribution in [2.24, 2.45) is 7.05 Å². The minimum absolute atomic E-state index is 0.989. The van der Waals surface area contributed by atoms with E-state index in [0.717, 1.165) is 11.3 Å². The topological polar surface area (TPSA) is 21.7 Å². The SMILES string of the molecule is Cc1c(-c2c3ccc4cc(-n5c6ccccc6c6cccnc65)ccc4c3cc[n+]2C)sc2ccccc12. The van der Waals surface area contributed by atoms with Crippen LogP contribution in [0, 0.1) is 6.92 Å². The van der Waals surface area contributed by atoms with E-state index in [9.17, 15) is 0 Å². The molecule has 0 amide bonds. The molecule has 0 fully saturated rings. The van der Waals surface area contributed by atoms with Crippen molar-refractivity contribution in [1.29, 1.82) is 0 Å². The van der Waals surface area contributed by atoms with E-state index in [-0.39, 0.29) is 0 Å². The predicted molar refractivity (Wildman–Crippen MR) is 160 cm³/mol. The molecule has 0 spiro atoms. The van der Waals surface area contributed by atoms with Gasteiger partial charge in [-0.05, 0) is 71.1 Å². The summed E-state index contributed by atoms with van der Waals surface area (Å²) in [6.45, 7) is 2.25. The molecule has 0 radical (unpaired) electrons. The molecule has 0 bridgehead atoms. The number of aryl methyl sites for hydroxylation is 2. The Bertz CT molecular complexity index is 2160. The average Bonchev–Trinajstić information content (AvgIpc) is 3.47. The molecule has 4 aromatic carbocycles. The van der Waals surface area contributed by atoms with Gasteiger partial charge in [-0.15, -0.1) is 11.3 Å². The van der Waals surface area contributed by atoms with Gasteiger partial charge in [0, 0.05) is 38.8 Å². The number of rotatable bonds is 2. The standard InChI is InChI=1S/C34H24N3S/c1-21-24-8-4-6-12-31(24)38-33(21)32-28-15-13-22-20-23(14-16-25(22)26(28)17-19-36(32)2)37-30-11-5-3-9-27(30)29-10-7-18-35-34(29)37/h3-20H,1-2H3/q+1. The zero-order chi connectivity index (χ0) is 25.4. The molecule has 0 aliphatic heterocycles. The number of para-hydroxylation sites is 1. The number of benzene rings is 4. The number of thiophene rings is 1. The van der Waals surface area contributed by atoms with E-state index in [4.69, 9.17) is 4.98 Å². The molecule has 3 nitrogen and oxygen atoms in total. The van der Waals surface area contributed by atoms with Crippen molar-refractivity contribution in [3.05, 3.63) is 115 Å². The first-order chi connectivity index (χ1) is 18.7. The molecule has 0 atom stereocenters. The smallest absolute Gasteiger partial charge is 0.230 e. The second kappa shape index (κ2) is 7.98. The molecule has 0 N–H and O–H groups in total. The van der Waals surface area contributed by atoms with E-state index in [1.54, 1.807) is 0 Å². The van der Waals surface area contributed by atoms with Crippen LogP contribution in [-0.4, -0.2) is 9.55 Å². The lowest BCUT2D eigenvalue weighted by atomic mass is 9.99. The molecule has 4 heterocycles. The summed E-state index contributed by atoms with van der Waals surface area (Å²) in [4.78, 5) is 6.11. The van der Waals surface area contributed by atoms with Crippen LogP contribution < -0.4 is 4.57 Å². The van der Waals surface area contributed by atoms with Crippen molar-refractivity contribution >= 4 is 64.9 Å². The molecular weight excluding hydrogens is 482 g/mol. The molecule has 4 aromatic heterocycles. The number of pyridine rings is 2. The van der Waals surface area contributed by atoms with Crippen molar-refractivity contribution in [3.63, 3.8) is 0 Å². The van der Waals surface area contributed by atoms with Crippen molar-refractivity contribution < 1.29 is 4.57 Å². The third-order valence-corrected chi connectivity index (χ3v) is 9.15. The lowest BCUT2D eigenvalue weighted by Gasteiger charge is -2.11. The second-order valence-electron chi connectivity index (χ2n) is 9.99. The Morgan fingerprint density at radius 2 is 1.50 bits per heavy atom. The number of hydrogen-bond donors (Lipinski definition) is 0. The van der Waals surface area contributed by atoms with E-state index in [1.807, 2.05) is 23.6 Å². The Balaban J connectivity index is 1.38. The third kappa shape index (κ3) is 2.95. The van der Waals surface area contributed by atoms with Gasteiger partial charge in [-0.1, -0.05) is 48.5 Å². The summed E-state index contributed by atoms with van der Waals surface area (Å²) in [5.41, 5.74) is 5.92. The Labute approximate surface area is 223 Å². The maximum atomic E-state index is 4.77. The maximum absolute atomic E-state index is 4.77.